The summed E-state index contributed by atoms with van der Waals surface area (Å²) >= 11 is 0. The highest BCUT2D eigenvalue weighted by atomic mass is 31.2. The SMILES string of the molecule is CC/C=C\C/C=C\C/C=C\C/C=C\C/C=C\C/C=C\CCC(=O)OCC(COP(=O)(O)OCC(O)COP(=O)(O)OCC(COC(=O)CCC/C=C\C/C=C\C/C=C\C/C=C\C/C=C\CC)OC(=O)CCCCCCC/C=C\C/C=C\C/C=C\CC)OC(=O)CCCCCCC/C=C\C/C=C\C/C=C\CC. The van der Waals surface area contributed by atoms with E-state index in [4.69, 9.17) is 37.0 Å². The predicted octanol–water partition coefficient (Wildman–Crippen LogP) is 23.1. The number of allylic oxidation sites excluding steroid dienone is 34. The predicted molar refractivity (Wildman–Crippen MR) is 435 cm³/mol. The third-order valence-corrected chi connectivity index (χ3v) is 17.1. The Bertz CT molecular complexity index is 2830. The van der Waals surface area contributed by atoms with Gasteiger partial charge in [-0.25, -0.2) is 9.13 Å². The van der Waals surface area contributed by atoms with Crippen molar-refractivity contribution in [2.45, 2.75) is 277 Å². The molecule has 0 fully saturated rings. The highest BCUT2D eigenvalue weighted by Gasteiger charge is 2.30. The molecule has 0 saturated carbocycles. The lowest BCUT2D eigenvalue weighted by Gasteiger charge is -2.21. The van der Waals surface area contributed by atoms with Crippen molar-refractivity contribution in [2.75, 3.05) is 39.6 Å². The van der Waals surface area contributed by atoms with E-state index >= 15 is 0 Å². The molecule has 0 aromatic rings. The van der Waals surface area contributed by atoms with Gasteiger partial charge in [-0.05, 0) is 167 Å². The zero-order chi connectivity index (χ0) is 77.4. The number of aliphatic hydroxyl groups excluding tert-OH is 1. The molecule has 5 atom stereocenters. The Kier molecular flexibility index (Phi) is 72.2. The molecular weight excluding hydrogens is 1380 g/mol. The largest absolute Gasteiger partial charge is 0.472 e. The Morgan fingerprint density at radius 3 is 0.792 bits per heavy atom. The number of carbonyl (C=O) groups is 4. The monoisotopic (exact) mass is 1510 g/mol. The van der Waals surface area contributed by atoms with Crippen molar-refractivity contribution in [3.8, 4) is 0 Å². The number of esters is 4. The van der Waals surface area contributed by atoms with Crippen LogP contribution in [0.4, 0.5) is 0 Å². The van der Waals surface area contributed by atoms with E-state index in [0.717, 1.165) is 167 Å². The van der Waals surface area contributed by atoms with E-state index in [2.05, 4.69) is 204 Å². The minimum Gasteiger partial charge on any atom is -0.462 e. The van der Waals surface area contributed by atoms with E-state index in [1.165, 1.54) is 0 Å². The molecule has 0 aromatic heterocycles. The maximum Gasteiger partial charge on any atom is 0.472 e. The Morgan fingerprint density at radius 2 is 0.491 bits per heavy atom. The molecule has 0 bridgehead atoms. The molecule has 0 radical (unpaired) electrons. The number of aliphatic hydroxyl groups is 1. The summed E-state index contributed by atoms with van der Waals surface area (Å²) in [4.78, 5) is 73.0. The summed E-state index contributed by atoms with van der Waals surface area (Å²) in [7, 11) is -10.0. The number of phosphoric acid groups is 2. The maximum atomic E-state index is 13.1. The highest BCUT2D eigenvalue weighted by Crippen LogP contribution is 2.45. The van der Waals surface area contributed by atoms with Crippen LogP contribution >= 0.6 is 15.6 Å². The summed E-state index contributed by atoms with van der Waals surface area (Å²) in [6.45, 7) is 4.19. The van der Waals surface area contributed by atoms with Gasteiger partial charge < -0.3 is 33.8 Å². The number of unbranched alkanes of at least 4 members (excludes halogenated alkanes) is 11. The lowest BCUT2D eigenvalue weighted by molar-refractivity contribution is -0.161. The first-order valence-corrected chi connectivity index (χ1v) is 42.3. The van der Waals surface area contributed by atoms with Gasteiger partial charge in [0.15, 0.2) is 12.2 Å². The van der Waals surface area contributed by atoms with Crippen LogP contribution < -0.4 is 0 Å². The summed E-state index contributed by atoms with van der Waals surface area (Å²) in [5, 5.41) is 10.6. The van der Waals surface area contributed by atoms with Crippen molar-refractivity contribution in [3.05, 3.63) is 207 Å². The molecule has 106 heavy (non-hydrogen) atoms. The zero-order valence-corrected chi connectivity index (χ0v) is 66.8. The summed E-state index contributed by atoms with van der Waals surface area (Å²) in [5.41, 5.74) is 0. The van der Waals surface area contributed by atoms with Gasteiger partial charge >= 0.3 is 39.5 Å². The molecule has 0 aliphatic heterocycles. The Balaban J connectivity index is 5.53. The summed E-state index contributed by atoms with van der Waals surface area (Å²) < 4.78 is 68.4. The minimum atomic E-state index is -5.02. The van der Waals surface area contributed by atoms with Gasteiger partial charge in [-0.2, -0.15) is 0 Å². The van der Waals surface area contributed by atoms with Crippen LogP contribution in [0, 0.1) is 0 Å². The molecule has 0 saturated heterocycles. The fraction of sp³-hybridized carbons (Fsp3) is 0.563. The van der Waals surface area contributed by atoms with Crippen LogP contribution in [0.5, 0.6) is 0 Å². The molecule has 17 nitrogen and oxygen atoms in total. The van der Waals surface area contributed by atoms with Crippen molar-refractivity contribution in [3.63, 3.8) is 0 Å². The number of hydrogen-bond acceptors (Lipinski definition) is 15. The van der Waals surface area contributed by atoms with Gasteiger partial charge in [0, 0.05) is 25.7 Å². The van der Waals surface area contributed by atoms with Crippen molar-refractivity contribution in [2.24, 2.45) is 0 Å². The fourth-order valence-corrected chi connectivity index (χ4v) is 11.0. The second-order valence-corrected chi connectivity index (χ2v) is 28.0. The number of rotatable bonds is 71. The first-order valence-electron chi connectivity index (χ1n) is 39.3. The van der Waals surface area contributed by atoms with Gasteiger partial charge in [0.05, 0.1) is 26.4 Å². The first kappa shape index (κ1) is 99.6. The van der Waals surface area contributed by atoms with E-state index in [-0.39, 0.29) is 25.7 Å². The molecule has 0 spiro atoms. The van der Waals surface area contributed by atoms with Gasteiger partial charge in [0.2, 0.25) is 0 Å². The average Bonchev–Trinajstić information content (AvgIpc) is 0.909. The van der Waals surface area contributed by atoms with E-state index in [0.29, 0.717) is 38.5 Å². The molecule has 0 rings (SSSR count). The Morgan fingerprint density at radius 1 is 0.264 bits per heavy atom. The number of carbonyl (C=O) groups excluding carboxylic acids is 4. The molecule has 5 unspecified atom stereocenters. The van der Waals surface area contributed by atoms with Crippen LogP contribution in [-0.4, -0.2) is 96.7 Å². The van der Waals surface area contributed by atoms with Crippen LogP contribution in [0.15, 0.2) is 207 Å². The molecule has 3 N–H and O–H groups in total. The summed E-state index contributed by atoms with van der Waals surface area (Å²) in [6, 6.07) is 0. The van der Waals surface area contributed by atoms with Gasteiger partial charge in [-0.15, -0.1) is 0 Å². The smallest absolute Gasteiger partial charge is 0.462 e. The van der Waals surface area contributed by atoms with Crippen LogP contribution in [0.3, 0.4) is 0 Å². The standard InChI is InChI=1S/C87H136O17P2/c1-5-9-13-17-21-25-29-33-37-39-40-42-46-48-52-56-60-64-68-72-85(90)98-78-83(104-87(92)74-70-66-62-58-54-50-44-36-32-28-24-20-16-12-8-4)80-102-106(95,96)100-76-81(88)75-99-105(93,94)101-79-82(103-86(91)73-69-65-61-57-53-49-43-35-31-27-23-19-15-11-7-3)77-97-84(89)71-67-63-59-55-51-47-45-41-38-34-30-26-22-18-14-10-6-2/h9-16,21-28,33-38,40,42-45,47-48,52,55,59-60,64,81-83,88H,5-8,17-20,29-32,39,41,46,49-51,53-54,56-58,61-63,65-80H2,1-4H3,(H,93,94)(H,95,96)/b13-9-,14-10-,15-11-,16-12-,25-21-,26-22-,27-23-,28-24-,37-33-,38-34-,42-40-,43-35-,44-36-,47-45-,52-48-,59-55-,64-60-. The average molecular weight is 1520 g/mol. The van der Waals surface area contributed by atoms with Crippen LogP contribution in [0.1, 0.15) is 259 Å². The molecule has 596 valence electrons. The van der Waals surface area contributed by atoms with E-state index < -0.39 is 97.5 Å². The zero-order valence-electron chi connectivity index (χ0n) is 65.0. The first-order chi connectivity index (χ1) is 51.7. The van der Waals surface area contributed by atoms with Gasteiger partial charge in [0.25, 0.3) is 0 Å². The third kappa shape index (κ3) is 75.9. The number of hydrogen-bond donors (Lipinski definition) is 3. The van der Waals surface area contributed by atoms with Gasteiger partial charge in [-0.1, -0.05) is 273 Å². The quantitative estimate of drug-likeness (QED) is 0.0169. The van der Waals surface area contributed by atoms with Crippen LogP contribution in [0.25, 0.3) is 0 Å². The fourth-order valence-electron chi connectivity index (χ4n) is 9.43. The van der Waals surface area contributed by atoms with Crippen molar-refractivity contribution >= 4 is 39.5 Å². The second kappa shape index (κ2) is 76.8. The van der Waals surface area contributed by atoms with Gasteiger partial charge in [-0.3, -0.25) is 37.3 Å². The van der Waals surface area contributed by atoms with Crippen molar-refractivity contribution in [1.29, 1.82) is 0 Å². The highest BCUT2D eigenvalue weighted by molar-refractivity contribution is 7.47. The molecule has 0 aliphatic rings. The summed E-state index contributed by atoms with van der Waals surface area (Å²) in [5.74, 6) is -2.40. The number of ether oxygens (including phenoxy) is 4. The maximum absolute atomic E-state index is 13.1. The lowest BCUT2D eigenvalue weighted by atomic mass is 10.1. The number of phosphoric ester groups is 2. The van der Waals surface area contributed by atoms with Crippen LogP contribution in [0.2, 0.25) is 0 Å². The third-order valence-electron chi connectivity index (χ3n) is 15.2. The molecule has 0 heterocycles. The van der Waals surface area contributed by atoms with E-state index in [9.17, 15) is 43.2 Å². The second-order valence-electron chi connectivity index (χ2n) is 25.1. The topological polar surface area (TPSA) is 237 Å². The Labute approximate surface area is 639 Å². The molecule has 0 amide bonds. The summed E-state index contributed by atoms with van der Waals surface area (Å²) in [6.07, 6.45) is 95.5. The molecule has 0 aromatic carbocycles. The van der Waals surface area contributed by atoms with Crippen LogP contribution in [-0.2, 0) is 65.4 Å². The van der Waals surface area contributed by atoms with Gasteiger partial charge in [0.1, 0.15) is 19.3 Å². The molecule has 0 aliphatic carbocycles. The molecular formula is C87H136O17P2. The van der Waals surface area contributed by atoms with Crippen molar-refractivity contribution < 1.29 is 80.2 Å². The Hall–Kier alpha value is -6.36. The molecule has 19 heteroatoms. The normalized spacial score (nSPS) is 15.0. The van der Waals surface area contributed by atoms with E-state index in [1.54, 1.807) is 0 Å². The van der Waals surface area contributed by atoms with E-state index in [1.807, 2.05) is 30.4 Å². The lowest BCUT2D eigenvalue weighted by Crippen LogP contribution is -2.30. The minimum absolute atomic E-state index is 0.0223. The van der Waals surface area contributed by atoms with Crippen molar-refractivity contribution in [1.82, 2.24) is 0 Å².